The van der Waals surface area contributed by atoms with Gasteiger partial charge in [-0.2, -0.15) is 0 Å². The molecule has 1 N–H and O–H groups in total. The molecule has 2 aliphatic carbocycles. The fourth-order valence-electron chi connectivity index (χ4n) is 4.24. The lowest BCUT2D eigenvalue weighted by atomic mass is 9.69. The van der Waals surface area contributed by atoms with Gasteiger partial charge in [-0.15, -0.1) is 0 Å². The van der Waals surface area contributed by atoms with Crippen LogP contribution in [-0.4, -0.2) is 18.2 Å². The molecule has 0 aromatic carbocycles. The van der Waals surface area contributed by atoms with Crippen molar-refractivity contribution in [3.05, 3.63) is 11.8 Å². The Bertz CT molecular complexity index is 404. The van der Waals surface area contributed by atoms with Gasteiger partial charge in [-0.25, -0.2) is 4.79 Å². The van der Waals surface area contributed by atoms with Gasteiger partial charge < -0.3 is 4.74 Å². The van der Waals surface area contributed by atoms with Crippen LogP contribution in [0.4, 0.5) is 0 Å². The zero-order valence-electron chi connectivity index (χ0n) is 13.0. The van der Waals surface area contributed by atoms with Gasteiger partial charge in [0.25, 0.3) is 0 Å². The van der Waals surface area contributed by atoms with Crippen LogP contribution in [0, 0.1) is 11.8 Å². The van der Waals surface area contributed by atoms with Crippen LogP contribution >= 0.6 is 0 Å². The van der Waals surface area contributed by atoms with E-state index in [1.807, 2.05) is 13.0 Å². The molecule has 4 heteroatoms. The second kappa shape index (κ2) is 6.39. The topological polar surface area (TPSA) is 47.6 Å². The first-order chi connectivity index (χ1) is 10.2. The van der Waals surface area contributed by atoms with Crippen molar-refractivity contribution in [2.45, 2.75) is 70.3 Å². The molecule has 0 aromatic heterocycles. The van der Waals surface area contributed by atoms with Crippen molar-refractivity contribution in [3.8, 4) is 0 Å². The van der Waals surface area contributed by atoms with Crippen molar-refractivity contribution in [1.29, 1.82) is 0 Å². The number of nitrogens with one attached hydrogen (secondary N) is 1. The van der Waals surface area contributed by atoms with E-state index in [1.165, 1.54) is 44.9 Å². The SMILES string of the molecule is CCOC(=O)C1=CC2(CCC(C3CCCCC3)CC2)ON1. The normalized spacial score (nSPS) is 33.6. The highest BCUT2D eigenvalue weighted by molar-refractivity contribution is 5.88. The fourth-order valence-corrected chi connectivity index (χ4v) is 4.24. The van der Waals surface area contributed by atoms with Crippen LogP contribution in [0.3, 0.4) is 0 Å². The zero-order valence-corrected chi connectivity index (χ0v) is 13.0. The highest BCUT2D eigenvalue weighted by atomic mass is 16.7. The minimum atomic E-state index is -0.302. The standard InChI is InChI=1S/C17H27NO3/c1-2-20-16(19)15-12-17(21-18-15)10-8-14(9-11-17)13-6-4-3-5-7-13/h12-14,18H,2-11H2,1H3. The van der Waals surface area contributed by atoms with Crippen molar-refractivity contribution in [2.75, 3.05) is 6.61 Å². The van der Waals surface area contributed by atoms with Crippen LogP contribution in [0.15, 0.2) is 11.8 Å². The van der Waals surface area contributed by atoms with Gasteiger partial charge in [0.1, 0.15) is 11.3 Å². The molecular weight excluding hydrogens is 266 g/mol. The summed E-state index contributed by atoms with van der Waals surface area (Å²) in [7, 11) is 0. The van der Waals surface area contributed by atoms with Gasteiger partial charge in [-0.05, 0) is 50.5 Å². The van der Waals surface area contributed by atoms with Gasteiger partial charge in [0.2, 0.25) is 0 Å². The van der Waals surface area contributed by atoms with Gasteiger partial charge in [0, 0.05) is 0 Å². The Morgan fingerprint density at radius 1 is 1.24 bits per heavy atom. The third-order valence-corrected chi connectivity index (χ3v) is 5.46. The van der Waals surface area contributed by atoms with Gasteiger partial charge in [0.05, 0.1) is 6.61 Å². The predicted molar refractivity (Wildman–Crippen MR) is 80.2 cm³/mol. The highest BCUT2D eigenvalue weighted by Gasteiger charge is 2.42. The first-order valence-electron chi connectivity index (χ1n) is 8.56. The average molecular weight is 293 g/mol. The Hall–Kier alpha value is -1.03. The molecule has 3 rings (SSSR count). The van der Waals surface area contributed by atoms with Crippen molar-refractivity contribution < 1.29 is 14.4 Å². The summed E-state index contributed by atoms with van der Waals surface area (Å²) < 4.78 is 5.03. The van der Waals surface area contributed by atoms with E-state index in [0.29, 0.717) is 12.3 Å². The van der Waals surface area contributed by atoms with E-state index in [1.54, 1.807) is 0 Å². The van der Waals surface area contributed by atoms with E-state index in [-0.39, 0.29) is 11.6 Å². The van der Waals surface area contributed by atoms with Crippen LogP contribution in [-0.2, 0) is 14.4 Å². The largest absolute Gasteiger partial charge is 0.461 e. The molecule has 1 heterocycles. The van der Waals surface area contributed by atoms with Crippen LogP contribution in [0.5, 0.6) is 0 Å². The van der Waals surface area contributed by atoms with E-state index < -0.39 is 0 Å². The molecule has 0 radical (unpaired) electrons. The molecule has 21 heavy (non-hydrogen) atoms. The second-order valence-corrected chi connectivity index (χ2v) is 6.78. The number of ether oxygens (including phenoxy) is 1. The Morgan fingerprint density at radius 3 is 2.57 bits per heavy atom. The van der Waals surface area contributed by atoms with E-state index in [4.69, 9.17) is 9.57 Å². The first kappa shape index (κ1) is 14.9. The lowest BCUT2D eigenvalue weighted by molar-refractivity contribution is -0.141. The number of hydrogen-bond acceptors (Lipinski definition) is 4. The average Bonchev–Trinajstić information content (AvgIpc) is 2.93. The van der Waals surface area contributed by atoms with Gasteiger partial charge in [0.15, 0.2) is 0 Å². The quantitative estimate of drug-likeness (QED) is 0.809. The highest BCUT2D eigenvalue weighted by Crippen LogP contribution is 2.44. The number of rotatable bonds is 3. The third-order valence-electron chi connectivity index (χ3n) is 5.46. The summed E-state index contributed by atoms with van der Waals surface area (Å²) in [6.45, 7) is 2.22. The minimum Gasteiger partial charge on any atom is -0.461 e. The molecule has 118 valence electrons. The summed E-state index contributed by atoms with van der Waals surface area (Å²) in [6, 6.07) is 0. The Labute approximate surface area is 127 Å². The summed E-state index contributed by atoms with van der Waals surface area (Å²) >= 11 is 0. The molecule has 0 amide bonds. The molecule has 2 fully saturated rings. The smallest absolute Gasteiger partial charge is 0.356 e. The molecule has 3 aliphatic rings. The summed E-state index contributed by atoms with van der Waals surface area (Å²) in [4.78, 5) is 17.5. The number of carbonyl (C=O) groups excluding carboxylic acids is 1. The van der Waals surface area contributed by atoms with Crippen molar-refractivity contribution in [1.82, 2.24) is 5.48 Å². The predicted octanol–water partition coefficient (Wildman–Crippen LogP) is 3.48. The molecule has 2 saturated carbocycles. The van der Waals surface area contributed by atoms with Crippen LogP contribution in [0.1, 0.15) is 64.7 Å². The number of esters is 1. The molecule has 0 unspecified atom stereocenters. The summed E-state index contributed by atoms with van der Waals surface area (Å²) in [5, 5.41) is 0. The fraction of sp³-hybridized carbons (Fsp3) is 0.824. The molecule has 0 aromatic rings. The van der Waals surface area contributed by atoms with E-state index in [2.05, 4.69) is 5.48 Å². The van der Waals surface area contributed by atoms with Crippen molar-refractivity contribution in [3.63, 3.8) is 0 Å². The number of carbonyl (C=O) groups is 1. The van der Waals surface area contributed by atoms with E-state index >= 15 is 0 Å². The van der Waals surface area contributed by atoms with Crippen molar-refractivity contribution in [2.24, 2.45) is 11.8 Å². The third kappa shape index (κ3) is 3.25. The summed E-state index contributed by atoms with van der Waals surface area (Å²) in [6.07, 6.45) is 13.5. The maximum Gasteiger partial charge on any atom is 0.356 e. The second-order valence-electron chi connectivity index (χ2n) is 6.78. The monoisotopic (exact) mass is 293 g/mol. The van der Waals surface area contributed by atoms with Gasteiger partial charge >= 0.3 is 5.97 Å². The molecular formula is C17H27NO3. The zero-order chi connectivity index (χ0) is 14.7. The lowest BCUT2D eigenvalue weighted by Crippen LogP contribution is -2.36. The van der Waals surface area contributed by atoms with Crippen LogP contribution in [0.2, 0.25) is 0 Å². The van der Waals surface area contributed by atoms with Crippen LogP contribution in [0.25, 0.3) is 0 Å². The van der Waals surface area contributed by atoms with Crippen molar-refractivity contribution >= 4 is 5.97 Å². The Kier molecular flexibility index (Phi) is 4.53. The Balaban J connectivity index is 1.56. The van der Waals surface area contributed by atoms with Gasteiger partial charge in [-0.1, -0.05) is 32.1 Å². The molecule has 0 saturated heterocycles. The lowest BCUT2D eigenvalue weighted by Gasteiger charge is -2.39. The molecule has 0 atom stereocenters. The number of hydroxylamine groups is 1. The molecule has 1 spiro atoms. The maximum absolute atomic E-state index is 11.7. The van der Waals surface area contributed by atoms with E-state index in [0.717, 1.165) is 24.7 Å². The molecule has 1 aliphatic heterocycles. The molecule has 4 nitrogen and oxygen atoms in total. The van der Waals surface area contributed by atoms with Crippen LogP contribution < -0.4 is 5.48 Å². The Morgan fingerprint density at radius 2 is 1.90 bits per heavy atom. The van der Waals surface area contributed by atoms with E-state index in [9.17, 15) is 4.79 Å². The maximum atomic E-state index is 11.7. The number of hydrogen-bond donors (Lipinski definition) is 1. The van der Waals surface area contributed by atoms with Gasteiger partial charge in [-0.3, -0.25) is 10.3 Å². The summed E-state index contributed by atoms with van der Waals surface area (Å²) in [5.41, 5.74) is 2.99. The minimum absolute atomic E-state index is 0.271. The molecule has 0 bridgehead atoms. The first-order valence-corrected chi connectivity index (χ1v) is 8.56. The summed E-state index contributed by atoms with van der Waals surface area (Å²) in [5.74, 6) is 1.49.